The summed E-state index contributed by atoms with van der Waals surface area (Å²) >= 11 is 5.90. The molecule has 0 fully saturated rings. The second-order valence-electron chi connectivity index (χ2n) is 4.83. The Balaban J connectivity index is 2.07. The number of pyridine rings is 1. The Morgan fingerprint density at radius 1 is 1.25 bits per heavy atom. The number of aromatic nitrogens is 3. The van der Waals surface area contributed by atoms with Crippen LogP contribution in [-0.4, -0.2) is 21.2 Å². The van der Waals surface area contributed by atoms with E-state index in [9.17, 15) is 9.18 Å². The third-order valence-electron chi connectivity index (χ3n) is 3.22. The number of nitrogens with one attached hydrogen (secondary N) is 1. The Morgan fingerprint density at radius 3 is 2.83 bits per heavy atom. The molecular weight excluding hydrogens is 333 g/mol. The normalized spacial score (nSPS) is 10.4. The van der Waals surface area contributed by atoms with Crippen molar-refractivity contribution in [1.82, 2.24) is 15.0 Å². The zero-order valence-corrected chi connectivity index (χ0v) is 13.0. The average Bonchev–Trinajstić information content (AvgIpc) is 2.59. The summed E-state index contributed by atoms with van der Waals surface area (Å²) in [6.07, 6.45) is 4.90. The number of hydrogen-bond donors (Lipinski definition) is 2. The predicted molar refractivity (Wildman–Crippen MR) is 89.8 cm³/mol. The summed E-state index contributed by atoms with van der Waals surface area (Å²) < 4.78 is 14.0. The van der Waals surface area contributed by atoms with E-state index in [2.05, 4.69) is 20.3 Å². The molecule has 0 aliphatic heterocycles. The number of carbonyl (C=O) groups excluding carboxylic acids is 1. The van der Waals surface area contributed by atoms with E-state index < -0.39 is 5.82 Å². The number of halogens is 2. The molecule has 0 saturated carbocycles. The topological polar surface area (TPSA) is 93.8 Å². The van der Waals surface area contributed by atoms with Crippen LogP contribution in [0.15, 0.2) is 42.9 Å². The fraction of sp³-hybridized carbons (Fsp3) is 0. The number of anilines is 3. The monoisotopic (exact) mass is 343 g/mol. The lowest BCUT2D eigenvalue weighted by molar-refractivity contribution is 0.112. The van der Waals surface area contributed by atoms with Gasteiger partial charge in [-0.3, -0.25) is 9.78 Å². The van der Waals surface area contributed by atoms with Crippen molar-refractivity contribution >= 4 is 35.1 Å². The molecule has 6 nitrogen and oxygen atoms in total. The highest BCUT2D eigenvalue weighted by atomic mass is 35.5. The number of nitrogens with two attached hydrogens (primary N) is 1. The molecule has 3 aromatic rings. The zero-order chi connectivity index (χ0) is 17.1. The smallest absolute Gasteiger partial charge is 0.164 e. The van der Waals surface area contributed by atoms with E-state index >= 15 is 0 Å². The van der Waals surface area contributed by atoms with Crippen molar-refractivity contribution < 1.29 is 9.18 Å². The van der Waals surface area contributed by atoms with Crippen LogP contribution in [0.3, 0.4) is 0 Å². The zero-order valence-electron chi connectivity index (χ0n) is 12.2. The van der Waals surface area contributed by atoms with Gasteiger partial charge in [-0.15, -0.1) is 0 Å². The van der Waals surface area contributed by atoms with Crippen molar-refractivity contribution in [2.24, 2.45) is 0 Å². The van der Waals surface area contributed by atoms with Gasteiger partial charge in [0.15, 0.2) is 12.1 Å². The molecular formula is C16H11ClFN5O. The molecule has 0 radical (unpaired) electrons. The van der Waals surface area contributed by atoms with Gasteiger partial charge in [0.1, 0.15) is 11.6 Å². The van der Waals surface area contributed by atoms with E-state index in [0.29, 0.717) is 22.7 Å². The lowest BCUT2D eigenvalue weighted by atomic mass is 10.2. The second-order valence-corrected chi connectivity index (χ2v) is 5.26. The highest BCUT2D eigenvalue weighted by Gasteiger charge is 2.13. The Labute approximate surface area is 141 Å². The maximum atomic E-state index is 14.0. The highest BCUT2D eigenvalue weighted by molar-refractivity contribution is 6.30. The Hall–Kier alpha value is -3.06. The molecule has 0 unspecified atom stereocenters. The van der Waals surface area contributed by atoms with E-state index in [4.69, 9.17) is 17.3 Å². The first-order valence-electron chi connectivity index (χ1n) is 6.82. The number of aldehydes is 1. The minimum atomic E-state index is -0.521. The van der Waals surface area contributed by atoms with Gasteiger partial charge in [-0.05, 0) is 24.3 Å². The van der Waals surface area contributed by atoms with Gasteiger partial charge < -0.3 is 11.1 Å². The molecule has 3 N–H and O–H groups in total. The maximum Gasteiger partial charge on any atom is 0.164 e. The van der Waals surface area contributed by atoms with Crippen LogP contribution in [0.25, 0.3) is 11.4 Å². The van der Waals surface area contributed by atoms with Crippen molar-refractivity contribution in [3.63, 3.8) is 0 Å². The predicted octanol–water partition coefficient (Wildman–Crippen LogP) is 3.47. The first kappa shape index (κ1) is 15.8. The molecule has 24 heavy (non-hydrogen) atoms. The summed E-state index contributed by atoms with van der Waals surface area (Å²) in [5.74, 6) is -0.226. The van der Waals surface area contributed by atoms with Crippen molar-refractivity contribution in [2.75, 3.05) is 11.1 Å². The van der Waals surface area contributed by atoms with Crippen LogP contribution in [0.5, 0.6) is 0 Å². The van der Waals surface area contributed by atoms with Gasteiger partial charge in [-0.2, -0.15) is 0 Å². The number of benzene rings is 1. The van der Waals surface area contributed by atoms with Crippen LogP contribution in [0.4, 0.5) is 21.6 Å². The maximum absolute atomic E-state index is 14.0. The number of nitrogen functional groups attached to an aromatic ring is 1. The van der Waals surface area contributed by atoms with Crippen LogP contribution in [0.1, 0.15) is 10.4 Å². The van der Waals surface area contributed by atoms with Crippen molar-refractivity contribution in [3.05, 3.63) is 59.3 Å². The van der Waals surface area contributed by atoms with E-state index in [-0.39, 0.29) is 22.8 Å². The Morgan fingerprint density at radius 2 is 2.08 bits per heavy atom. The van der Waals surface area contributed by atoms with Crippen LogP contribution >= 0.6 is 11.6 Å². The molecule has 0 aliphatic carbocycles. The fourth-order valence-electron chi connectivity index (χ4n) is 2.02. The molecule has 3 rings (SSSR count). The summed E-state index contributed by atoms with van der Waals surface area (Å²) in [4.78, 5) is 23.3. The molecule has 1 aromatic carbocycles. The highest BCUT2D eigenvalue weighted by Crippen LogP contribution is 2.27. The van der Waals surface area contributed by atoms with Gasteiger partial charge >= 0.3 is 0 Å². The van der Waals surface area contributed by atoms with Crippen LogP contribution in [-0.2, 0) is 0 Å². The summed E-state index contributed by atoms with van der Waals surface area (Å²) in [7, 11) is 0. The van der Waals surface area contributed by atoms with Gasteiger partial charge in [0.2, 0.25) is 0 Å². The Bertz CT molecular complexity index is 919. The van der Waals surface area contributed by atoms with Crippen molar-refractivity contribution in [3.8, 4) is 11.4 Å². The van der Waals surface area contributed by atoms with Gasteiger partial charge in [-0.1, -0.05) is 11.6 Å². The fourth-order valence-corrected chi connectivity index (χ4v) is 2.20. The third kappa shape index (κ3) is 3.16. The first-order chi connectivity index (χ1) is 11.6. The van der Waals surface area contributed by atoms with Crippen LogP contribution < -0.4 is 11.1 Å². The summed E-state index contributed by atoms with van der Waals surface area (Å²) in [5.41, 5.74) is 7.05. The first-order valence-corrected chi connectivity index (χ1v) is 7.20. The number of carbonyl (C=O) groups is 1. The van der Waals surface area contributed by atoms with Crippen molar-refractivity contribution in [1.29, 1.82) is 0 Å². The SMILES string of the molecule is Nc1cnccc1Nc1nc(-c2cc(Cl)ccc2F)ncc1C=O. The van der Waals surface area contributed by atoms with E-state index in [0.717, 1.165) is 0 Å². The van der Waals surface area contributed by atoms with Crippen LogP contribution in [0, 0.1) is 5.82 Å². The van der Waals surface area contributed by atoms with Gasteiger partial charge in [0.25, 0.3) is 0 Å². The van der Waals surface area contributed by atoms with Crippen molar-refractivity contribution in [2.45, 2.75) is 0 Å². The van der Waals surface area contributed by atoms with E-state index in [1.54, 1.807) is 6.07 Å². The third-order valence-corrected chi connectivity index (χ3v) is 3.45. The molecule has 0 amide bonds. The largest absolute Gasteiger partial charge is 0.396 e. The minimum absolute atomic E-state index is 0.0933. The Kier molecular flexibility index (Phi) is 4.35. The molecule has 0 aliphatic rings. The van der Waals surface area contributed by atoms with Crippen LogP contribution in [0.2, 0.25) is 5.02 Å². The van der Waals surface area contributed by atoms with Gasteiger partial charge in [-0.25, -0.2) is 14.4 Å². The van der Waals surface area contributed by atoms with Gasteiger partial charge in [0.05, 0.1) is 28.7 Å². The number of nitrogens with zero attached hydrogens (tertiary/aromatic N) is 3. The van der Waals surface area contributed by atoms with E-state index in [1.165, 1.54) is 36.8 Å². The quantitative estimate of drug-likeness (QED) is 0.704. The molecule has 0 bridgehead atoms. The summed E-state index contributed by atoms with van der Waals surface area (Å²) in [5, 5.41) is 3.28. The molecule has 0 spiro atoms. The second kappa shape index (κ2) is 6.59. The van der Waals surface area contributed by atoms with E-state index in [1.807, 2.05) is 0 Å². The molecule has 2 heterocycles. The average molecular weight is 344 g/mol. The number of rotatable bonds is 4. The van der Waals surface area contributed by atoms with Gasteiger partial charge in [0, 0.05) is 17.4 Å². The summed E-state index contributed by atoms with van der Waals surface area (Å²) in [6.45, 7) is 0. The minimum Gasteiger partial charge on any atom is -0.396 e. The molecule has 0 atom stereocenters. The standard InChI is InChI=1S/C16H11ClFN5O/c17-10-1-2-12(18)11(5-10)16-21-6-9(8-24)15(23-16)22-14-3-4-20-7-13(14)19/h1-8H,19H2,(H,20,21,22,23). The lowest BCUT2D eigenvalue weighted by Gasteiger charge is -2.11. The molecule has 8 heteroatoms. The molecule has 2 aromatic heterocycles. The number of hydrogen-bond acceptors (Lipinski definition) is 6. The molecule has 120 valence electrons. The molecule has 0 saturated heterocycles. The lowest BCUT2D eigenvalue weighted by Crippen LogP contribution is -2.04. The summed E-state index contributed by atoms with van der Waals surface area (Å²) in [6, 6.07) is 5.70.